The molecule has 1 atom stereocenters. The number of aryl methyl sites for hydroxylation is 1. The second-order valence-corrected chi connectivity index (χ2v) is 8.84. The van der Waals surface area contributed by atoms with Crippen LogP contribution in [-0.2, 0) is 10.0 Å². The summed E-state index contributed by atoms with van der Waals surface area (Å²) in [6.45, 7) is 4.02. The van der Waals surface area contributed by atoms with Gasteiger partial charge in [0, 0.05) is 11.3 Å². The van der Waals surface area contributed by atoms with E-state index in [1.165, 1.54) is 25.3 Å². The van der Waals surface area contributed by atoms with Crippen molar-refractivity contribution in [2.45, 2.75) is 31.2 Å². The van der Waals surface area contributed by atoms with E-state index < -0.39 is 10.0 Å². The number of carbonyl (C=O) groups excluding carboxylic acids is 1. The van der Waals surface area contributed by atoms with Gasteiger partial charge in [-0.3, -0.25) is 9.52 Å². The molecule has 0 radical (unpaired) electrons. The zero-order valence-corrected chi connectivity index (χ0v) is 18.6. The Morgan fingerprint density at radius 3 is 2.35 bits per heavy atom. The van der Waals surface area contributed by atoms with Crippen molar-refractivity contribution in [2.75, 3.05) is 11.8 Å². The normalized spacial score (nSPS) is 12.1. The molecule has 1 amide bonds. The molecule has 31 heavy (non-hydrogen) atoms. The van der Waals surface area contributed by atoms with E-state index in [-0.39, 0.29) is 16.8 Å². The quantitative estimate of drug-likeness (QED) is 0.535. The van der Waals surface area contributed by atoms with E-state index >= 15 is 0 Å². The molecule has 6 nitrogen and oxygen atoms in total. The van der Waals surface area contributed by atoms with E-state index in [2.05, 4.69) is 10.0 Å². The number of benzene rings is 3. The highest BCUT2D eigenvalue weighted by molar-refractivity contribution is 7.92. The summed E-state index contributed by atoms with van der Waals surface area (Å²) >= 11 is 0. The summed E-state index contributed by atoms with van der Waals surface area (Å²) in [5, 5.41) is 3.04. The Morgan fingerprint density at radius 2 is 1.71 bits per heavy atom. The number of amides is 1. The van der Waals surface area contributed by atoms with Crippen molar-refractivity contribution in [3.63, 3.8) is 0 Å². The fourth-order valence-electron chi connectivity index (χ4n) is 3.31. The Hall–Kier alpha value is -3.32. The average molecular weight is 439 g/mol. The average Bonchev–Trinajstić information content (AvgIpc) is 2.78. The molecule has 0 aliphatic carbocycles. The van der Waals surface area contributed by atoms with Crippen LogP contribution in [0.5, 0.6) is 5.75 Å². The van der Waals surface area contributed by atoms with E-state index in [1.807, 2.05) is 38.1 Å². The molecule has 0 spiro atoms. The van der Waals surface area contributed by atoms with Crippen molar-refractivity contribution in [3.05, 3.63) is 89.5 Å². The lowest BCUT2D eigenvalue weighted by Crippen LogP contribution is -2.28. The molecule has 2 N–H and O–H groups in total. The first kappa shape index (κ1) is 22.4. The first-order valence-electron chi connectivity index (χ1n) is 9.97. The Balaban J connectivity index is 1.77. The maximum Gasteiger partial charge on any atom is 0.261 e. The molecule has 0 unspecified atom stereocenters. The predicted molar refractivity (Wildman–Crippen MR) is 122 cm³/mol. The number of nitrogens with one attached hydrogen (secondary N) is 2. The maximum absolute atomic E-state index is 12.9. The summed E-state index contributed by atoms with van der Waals surface area (Å²) in [4.78, 5) is 13.0. The van der Waals surface area contributed by atoms with Crippen LogP contribution in [0.3, 0.4) is 0 Å². The lowest BCUT2D eigenvalue weighted by molar-refractivity contribution is 0.0935. The molecule has 0 saturated carbocycles. The van der Waals surface area contributed by atoms with Gasteiger partial charge in [-0.05, 0) is 66.9 Å². The van der Waals surface area contributed by atoms with Gasteiger partial charge in [0.15, 0.2) is 0 Å². The Bertz CT molecular complexity index is 1160. The van der Waals surface area contributed by atoms with Gasteiger partial charge in [-0.25, -0.2) is 8.42 Å². The van der Waals surface area contributed by atoms with Crippen molar-refractivity contribution in [2.24, 2.45) is 0 Å². The van der Waals surface area contributed by atoms with Crippen LogP contribution >= 0.6 is 0 Å². The lowest BCUT2D eigenvalue weighted by atomic mass is 9.99. The van der Waals surface area contributed by atoms with E-state index in [1.54, 1.807) is 30.3 Å². The van der Waals surface area contributed by atoms with Crippen LogP contribution in [0.25, 0.3) is 0 Å². The van der Waals surface area contributed by atoms with E-state index in [9.17, 15) is 13.2 Å². The number of hydrogen-bond acceptors (Lipinski definition) is 4. The van der Waals surface area contributed by atoms with Crippen LogP contribution in [0, 0.1) is 6.92 Å². The smallest absolute Gasteiger partial charge is 0.261 e. The first-order chi connectivity index (χ1) is 14.8. The topological polar surface area (TPSA) is 84.5 Å². The van der Waals surface area contributed by atoms with Gasteiger partial charge in [0.25, 0.3) is 15.9 Å². The van der Waals surface area contributed by atoms with E-state index in [4.69, 9.17) is 4.74 Å². The van der Waals surface area contributed by atoms with Crippen LogP contribution in [0.1, 0.15) is 40.9 Å². The summed E-state index contributed by atoms with van der Waals surface area (Å²) in [5.41, 5.74) is 2.86. The number of methoxy groups -OCH3 is 1. The molecule has 0 aliphatic heterocycles. The second kappa shape index (κ2) is 9.66. The third-order valence-corrected chi connectivity index (χ3v) is 6.42. The zero-order valence-electron chi connectivity index (χ0n) is 17.8. The molecule has 7 heteroatoms. The van der Waals surface area contributed by atoms with Gasteiger partial charge < -0.3 is 10.1 Å². The zero-order chi connectivity index (χ0) is 22.4. The molecule has 0 saturated heterocycles. The second-order valence-electron chi connectivity index (χ2n) is 7.15. The lowest BCUT2D eigenvalue weighted by Gasteiger charge is -2.20. The summed E-state index contributed by atoms with van der Waals surface area (Å²) < 4.78 is 32.9. The van der Waals surface area contributed by atoms with Crippen molar-refractivity contribution in [1.82, 2.24) is 5.32 Å². The molecule has 3 aromatic rings. The van der Waals surface area contributed by atoms with Crippen molar-refractivity contribution >= 4 is 21.6 Å². The maximum atomic E-state index is 12.9. The minimum absolute atomic E-state index is 0.105. The van der Waals surface area contributed by atoms with Gasteiger partial charge in [-0.1, -0.05) is 37.3 Å². The van der Waals surface area contributed by atoms with Crippen molar-refractivity contribution in [1.29, 1.82) is 0 Å². The van der Waals surface area contributed by atoms with Crippen LogP contribution < -0.4 is 14.8 Å². The van der Waals surface area contributed by atoms with E-state index in [0.29, 0.717) is 17.0 Å². The summed E-state index contributed by atoms with van der Waals surface area (Å²) in [7, 11) is -2.28. The van der Waals surface area contributed by atoms with Crippen LogP contribution in [0.4, 0.5) is 5.69 Å². The predicted octanol–water partition coefficient (Wildman–Crippen LogP) is 4.69. The Labute approximate surface area is 183 Å². The third-order valence-electron chi connectivity index (χ3n) is 5.02. The Morgan fingerprint density at radius 1 is 1.00 bits per heavy atom. The van der Waals surface area contributed by atoms with E-state index in [0.717, 1.165) is 17.5 Å². The fraction of sp³-hybridized carbons (Fsp3) is 0.208. The first-order valence-corrected chi connectivity index (χ1v) is 11.5. The molecule has 0 aliphatic rings. The molecule has 0 bridgehead atoms. The van der Waals surface area contributed by atoms with Crippen molar-refractivity contribution in [3.8, 4) is 5.75 Å². The largest absolute Gasteiger partial charge is 0.497 e. The number of anilines is 1. The highest BCUT2D eigenvalue weighted by Gasteiger charge is 2.18. The molecule has 0 aromatic heterocycles. The van der Waals surface area contributed by atoms with Gasteiger partial charge >= 0.3 is 0 Å². The number of hydrogen-bond donors (Lipinski definition) is 2. The molecule has 0 heterocycles. The SMILES string of the molecule is CC[C@@H](NC(=O)c1cccc(NS(=O)(=O)c2ccc(OC)cc2)c1)c1ccccc1C. The summed E-state index contributed by atoms with van der Waals surface area (Å²) in [6.07, 6.45) is 0.736. The molecule has 3 aromatic carbocycles. The number of carbonyl (C=O) groups is 1. The fourth-order valence-corrected chi connectivity index (χ4v) is 4.36. The van der Waals surface area contributed by atoms with Gasteiger partial charge in [-0.2, -0.15) is 0 Å². The monoisotopic (exact) mass is 438 g/mol. The molecule has 3 rings (SSSR count). The standard InChI is InChI=1S/C24H26N2O4S/c1-4-23(22-11-6-5-8-17(22)2)25-24(27)18-9-7-10-19(16-18)26-31(28,29)21-14-12-20(30-3)13-15-21/h5-16,23,26H,4H2,1-3H3,(H,25,27)/t23-/m1/s1. The molecular weight excluding hydrogens is 412 g/mol. The number of sulfonamides is 1. The third kappa shape index (κ3) is 5.44. The van der Waals surface area contributed by atoms with Crippen LogP contribution in [0.2, 0.25) is 0 Å². The van der Waals surface area contributed by atoms with Gasteiger partial charge in [0.1, 0.15) is 5.75 Å². The Kier molecular flexibility index (Phi) is 6.97. The highest BCUT2D eigenvalue weighted by atomic mass is 32.2. The van der Waals surface area contributed by atoms with Gasteiger partial charge in [-0.15, -0.1) is 0 Å². The van der Waals surface area contributed by atoms with Crippen LogP contribution in [0.15, 0.2) is 77.7 Å². The summed E-state index contributed by atoms with van der Waals surface area (Å²) in [5.74, 6) is 0.303. The molecule has 0 fully saturated rings. The minimum atomic E-state index is -3.79. The number of rotatable bonds is 8. The summed E-state index contributed by atoms with van der Waals surface area (Å²) in [6, 6.07) is 20.3. The number of ether oxygens (including phenoxy) is 1. The highest BCUT2D eigenvalue weighted by Crippen LogP contribution is 2.23. The molecule has 162 valence electrons. The van der Waals surface area contributed by atoms with Crippen molar-refractivity contribution < 1.29 is 17.9 Å². The van der Waals surface area contributed by atoms with Gasteiger partial charge in [0.05, 0.1) is 18.0 Å². The minimum Gasteiger partial charge on any atom is -0.497 e. The van der Waals surface area contributed by atoms with Gasteiger partial charge in [0.2, 0.25) is 0 Å². The molecular formula is C24H26N2O4S. The van der Waals surface area contributed by atoms with Crippen LogP contribution in [-0.4, -0.2) is 21.4 Å².